The van der Waals surface area contributed by atoms with Gasteiger partial charge in [-0.25, -0.2) is 8.78 Å². The molecule has 2 heterocycles. The van der Waals surface area contributed by atoms with Crippen LogP contribution in [0.25, 0.3) is 11.3 Å². The van der Waals surface area contributed by atoms with Gasteiger partial charge in [0.05, 0.1) is 24.5 Å². The van der Waals surface area contributed by atoms with E-state index >= 15 is 0 Å². The van der Waals surface area contributed by atoms with E-state index in [2.05, 4.69) is 9.97 Å². The topological polar surface area (TPSA) is 55.3 Å². The Balaban J connectivity index is 1.40. The predicted molar refractivity (Wildman–Crippen MR) is 117 cm³/mol. The zero-order valence-electron chi connectivity index (χ0n) is 17.9. The van der Waals surface area contributed by atoms with Crippen molar-refractivity contribution < 1.29 is 18.3 Å². The second kappa shape index (κ2) is 9.96. The van der Waals surface area contributed by atoms with Crippen molar-refractivity contribution in [3.8, 4) is 11.3 Å². The molecule has 7 heteroatoms. The summed E-state index contributed by atoms with van der Waals surface area (Å²) >= 11 is 0. The summed E-state index contributed by atoms with van der Waals surface area (Å²) in [5.41, 5.74) is 3.41. The molecule has 5 nitrogen and oxygen atoms in total. The lowest BCUT2D eigenvalue weighted by Crippen LogP contribution is -2.42. The molecule has 0 spiro atoms. The Morgan fingerprint density at radius 2 is 2.00 bits per heavy atom. The van der Waals surface area contributed by atoms with E-state index in [1.54, 1.807) is 42.4 Å². The second-order valence-corrected chi connectivity index (χ2v) is 7.94. The minimum atomic E-state index is -0.431. The number of halogens is 2. The van der Waals surface area contributed by atoms with Crippen LogP contribution in [0.5, 0.6) is 0 Å². The Hall–Kier alpha value is -3.19. The average Bonchev–Trinajstić information content (AvgIpc) is 2.81. The lowest BCUT2D eigenvalue weighted by Gasteiger charge is -2.33. The molecule has 1 aliphatic heterocycles. The molecule has 4 rings (SSSR count). The Kier molecular flexibility index (Phi) is 6.85. The molecule has 1 fully saturated rings. The van der Waals surface area contributed by atoms with Crippen LogP contribution in [-0.2, 0) is 16.0 Å². The molecule has 1 atom stereocenters. The molecule has 1 aliphatic rings. The lowest BCUT2D eigenvalue weighted by atomic mass is 10.0. The van der Waals surface area contributed by atoms with Gasteiger partial charge in [-0.1, -0.05) is 24.3 Å². The van der Waals surface area contributed by atoms with Crippen LogP contribution in [0.1, 0.15) is 35.8 Å². The third-order valence-electron chi connectivity index (χ3n) is 5.63. The number of morpholine rings is 1. The standard InChI is InChI=1S/C25H25F2N3O2/c1-17-14-18(8-9-21(17)27)4-2-7-23(31)30-12-13-32-22(16-30)25-24(28-10-11-29-25)19-5-3-6-20(26)15-19/h3,5-6,8-11,14-15,22H,2,4,7,12-13,16H2,1H3/t22-/m1/s1. The number of rotatable bonds is 6. The van der Waals surface area contributed by atoms with E-state index in [1.165, 1.54) is 18.2 Å². The molecule has 3 aromatic rings. The molecule has 0 aliphatic carbocycles. The van der Waals surface area contributed by atoms with Crippen LogP contribution in [0.2, 0.25) is 0 Å². The SMILES string of the molecule is Cc1cc(CCCC(=O)N2CCO[C@@H](c3nccnc3-c3cccc(F)c3)C2)ccc1F. The molecule has 0 radical (unpaired) electrons. The summed E-state index contributed by atoms with van der Waals surface area (Å²) < 4.78 is 33.1. The van der Waals surface area contributed by atoms with Gasteiger partial charge in [0.2, 0.25) is 5.91 Å². The van der Waals surface area contributed by atoms with Crippen molar-refractivity contribution in [2.45, 2.75) is 32.3 Å². The number of carbonyl (C=O) groups is 1. The summed E-state index contributed by atoms with van der Waals surface area (Å²) in [7, 11) is 0. The number of nitrogens with zero attached hydrogens (tertiary/aromatic N) is 3. The van der Waals surface area contributed by atoms with Gasteiger partial charge in [-0.2, -0.15) is 0 Å². The molecule has 2 aromatic carbocycles. The van der Waals surface area contributed by atoms with E-state index in [4.69, 9.17) is 4.74 Å². The number of amides is 1. The summed E-state index contributed by atoms with van der Waals surface area (Å²) in [6.07, 6.45) is 4.51. The van der Waals surface area contributed by atoms with E-state index in [0.29, 0.717) is 61.5 Å². The van der Waals surface area contributed by atoms with E-state index in [9.17, 15) is 13.6 Å². The lowest BCUT2D eigenvalue weighted by molar-refractivity contribution is -0.139. The molecule has 166 valence electrons. The van der Waals surface area contributed by atoms with Crippen molar-refractivity contribution in [3.05, 3.63) is 83.3 Å². The number of benzene rings is 2. The van der Waals surface area contributed by atoms with Gasteiger partial charge in [-0.05, 0) is 49.1 Å². The molecular formula is C25H25F2N3O2. The number of carbonyl (C=O) groups excluding carboxylic acids is 1. The number of aromatic nitrogens is 2. The third-order valence-corrected chi connectivity index (χ3v) is 5.63. The fourth-order valence-corrected chi connectivity index (χ4v) is 3.95. The van der Waals surface area contributed by atoms with E-state index < -0.39 is 6.10 Å². The van der Waals surface area contributed by atoms with Gasteiger partial charge >= 0.3 is 0 Å². The molecule has 32 heavy (non-hydrogen) atoms. The largest absolute Gasteiger partial charge is 0.368 e. The maximum absolute atomic E-state index is 13.7. The Morgan fingerprint density at radius 1 is 1.16 bits per heavy atom. The van der Waals surface area contributed by atoms with Crippen LogP contribution in [0.15, 0.2) is 54.9 Å². The Labute approximate surface area is 186 Å². The van der Waals surface area contributed by atoms with Crippen LogP contribution in [0.4, 0.5) is 8.78 Å². The number of hydrogen-bond donors (Lipinski definition) is 0. The van der Waals surface area contributed by atoms with Crippen LogP contribution in [0, 0.1) is 18.6 Å². The highest BCUT2D eigenvalue weighted by molar-refractivity contribution is 5.76. The average molecular weight is 437 g/mol. The van der Waals surface area contributed by atoms with Gasteiger partial charge in [0.1, 0.15) is 17.7 Å². The quantitative estimate of drug-likeness (QED) is 0.563. The summed E-state index contributed by atoms with van der Waals surface area (Å²) in [5, 5.41) is 0. The van der Waals surface area contributed by atoms with Gasteiger partial charge in [0.15, 0.2) is 0 Å². The fraction of sp³-hybridized carbons (Fsp3) is 0.320. The first-order valence-corrected chi connectivity index (χ1v) is 10.7. The fourth-order valence-electron chi connectivity index (χ4n) is 3.95. The molecule has 1 amide bonds. The highest BCUT2D eigenvalue weighted by Crippen LogP contribution is 2.29. The van der Waals surface area contributed by atoms with Gasteiger partial charge in [-0.15, -0.1) is 0 Å². The normalized spacial score (nSPS) is 16.2. The molecule has 0 saturated carbocycles. The van der Waals surface area contributed by atoms with Crippen LogP contribution >= 0.6 is 0 Å². The smallest absolute Gasteiger partial charge is 0.222 e. The minimum Gasteiger partial charge on any atom is -0.368 e. The monoisotopic (exact) mass is 437 g/mol. The first-order chi connectivity index (χ1) is 15.5. The van der Waals surface area contributed by atoms with E-state index in [-0.39, 0.29) is 17.5 Å². The van der Waals surface area contributed by atoms with Crippen molar-refractivity contribution >= 4 is 5.91 Å². The first kappa shape index (κ1) is 22.0. The van der Waals surface area contributed by atoms with Gasteiger partial charge in [0, 0.05) is 30.9 Å². The van der Waals surface area contributed by atoms with Crippen molar-refractivity contribution in [3.63, 3.8) is 0 Å². The summed E-state index contributed by atoms with van der Waals surface area (Å²) in [4.78, 5) is 23.4. The zero-order chi connectivity index (χ0) is 22.5. The van der Waals surface area contributed by atoms with Gasteiger partial charge in [0.25, 0.3) is 0 Å². The maximum Gasteiger partial charge on any atom is 0.222 e. The Morgan fingerprint density at radius 3 is 2.81 bits per heavy atom. The van der Waals surface area contributed by atoms with Crippen LogP contribution in [-0.4, -0.2) is 40.5 Å². The van der Waals surface area contributed by atoms with E-state index in [0.717, 1.165) is 5.56 Å². The molecule has 0 unspecified atom stereocenters. The Bertz CT molecular complexity index is 1110. The van der Waals surface area contributed by atoms with Crippen molar-refractivity contribution in [2.75, 3.05) is 19.7 Å². The number of hydrogen-bond acceptors (Lipinski definition) is 4. The van der Waals surface area contributed by atoms with Crippen molar-refractivity contribution in [2.24, 2.45) is 0 Å². The maximum atomic E-state index is 13.7. The zero-order valence-corrected chi connectivity index (χ0v) is 17.9. The number of aryl methyl sites for hydroxylation is 2. The van der Waals surface area contributed by atoms with Crippen LogP contribution in [0.3, 0.4) is 0 Å². The van der Waals surface area contributed by atoms with Crippen molar-refractivity contribution in [1.82, 2.24) is 14.9 Å². The van der Waals surface area contributed by atoms with Crippen LogP contribution < -0.4 is 0 Å². The van der Waals surface area contributed by atoms with Gasteiger partial charge in [-0.3, -0.25) is 14.8 Å². The summed E-state index contributed by atoms with van der Waals surface area (Å²) in [5.74, 6) is -0.518. The molecule has 1 saturated heterocycles. The molecule has 0 bridgehead atoms. The number of ether oxygens (including phenoxy) is 1. The van der Waals surface area contributed by atoms with Gasteiger partial charge < -0.3 is 9.64 Å². The summed E-state index contributed by atoms with van der Waals surface area (Å²) in [6, 6.07) is 11.3. The molecular weight excluding hydrogens is 412 g/mol. The summed E-state index contributed by atoms with van der Waals surface area (Å²) in [6.45, 7) is 3.02. The second-order valence-electron chi connectivity index (χ2n) is 7.94. The highest BCUT2D eigenvalue weighted by Gasteiger charge is 2.28. The highest BCUT2D eigenvalue weighted by atomic mass is 19.1. The molecule has 1 aromatic heterocycles. The minimum absolute atomic E-state index is 0.0494. The molecule has 0 N–H and O–H groups in total. The first-order valence-electron chi connectivity index (χ1n) is 10.7. The predicted octanol–water partition coefficient (Wildman–Crippen LogP) is 4.65. The van der Waals surface area contributed by atoms with E-state index in [1.807, 2.05) is 6.07 Å². The third kappa shape index (κ3) is 5.16. The van der Waals surface area contributed by atoms with Crippen molar-refractivity contribution in [1.29, 1.82) is 0 Å².